The Morgan fingerprint density at radius 1 is 1.24 bits per heavy atom. The smallest absolute Gasteiger partial charge is 0.129 e. The lowest BCUT2D eigenvalue weighted by molar-refractivity contribution is -0.0154. The first-order valence-corrected chi connectivity index (χ1v) is 6.42. The molecule has 2 heteroatoms. The first-order chi connectivity index (χ1) is 7.92. The minimum atomic E-state index is -0.950. The molecule has 0 unspecified atom stereocenters. The average molecular weight is 236 g/mol. The lowest BCUT2D eigenvalue weighted by Crippen LogP contribution is -2.32. The standard InChI is InChI=1S/C15H21FO/c1-10-4-6-15(17,7-5-10)14-12(3)8-11(2)9-13(14)16/h8-10,17H,4-7H2,1-3H3. The summed E-state index contributed by atoms with van der Waals surface area (Å²) >= 11 is 0. The van der Waals surface area contributed by atoms with Gasteiger partial charge in [0.15, 0.2) is 0 Å². The van der Waals surface area contributed by atoms with Crippen molar-refractivity contribution in [2.24, 2.45) is 5.92 Å². The summed E-state index contributed by atoms with van der Waals surface area (Å²) in [6.07, 6.45) is 3.30. The molecule has 0 amide bonds. The number of hydrogen-bond donors (Lipinski definition) is 1. The third-order valence-electron chi connectivity index (χ3n) is 4.00. The quantitative estimate of drug-likeness (QED) is 0.785. The lowest BCUT2D eigenvalue weighted by atomic mass is 9.74. The topological polar surface area (TPSA) is 20.2 Å². The highest BCUT2D eigenvalue weighted by Crippen LogP contribution is 2.41. The van der Waals surface area contributed by atoms with Crippen molar-refractivity contribution in [3.63, 3.8) is 0 Å². The van der Waals surface area contributed by atoms with E-state index < -0.39 is 5.60 Å². The molecule has 17 heavy (non-hydrogen) atoms. The fourth-order valence-corrected chi connectivity index (χ4v) is 2.99. The Hall–Kier alpha value is -0.890. The number of aryl methyl sites for hydroxylation is 2. The summed E-state index contributed by atoms with van der Waals surface area (Å²) in [5.74, 6) is 0.392. The van der Waals surface area contributed by atoms with Crippen LogP contribution in [0.25, 0.3) is 0 Å². The Morgan fingerprint density at radius 2 is 1.82 bits per heavy atom. The van der Waals surface area contributed by atoms with E-state index >= 15 is 0 Å². The van der Waals surface area contributed by atoms with Crippen LogP contribution in [0.4, 0.5) is 4.39 Å². The van der Waals surface area contributed by atoms with E-state index in [1.54, 1.807) is 0 Å². The maximum atomic E-state index is 14.1. The summed E-state index contributed by atoms with van der Waals surface area (Å²) in [6, 6.07) is 3.48. The predicted octanol–water partition coefficient (Wildman–Crippen LogP) is 3.84. The fraction of sp³-hybridized carbons (Fsp3) is 0.600. The molecule has 0 bridgehead atoms. The molecule has 0 atom stereocenters. The molecule has 0 heterocycles. The summed E-state index contributed by atoms with van der Waals surface area (Å²) < 4.78 is 14.1. The van der Waals surface area contributed by atoms with Gasteiger partial charge < -0.3 is 5.11 Å². The van der Waals surface area contributed by atoms with Crippen molar-refractivity contribution in [2.45, 2.75) is 52.1 Å². The molecule has 2 rings (SSSR count). The minimum Gasteiger partial charge on any atom is -0.385 e. The van der Waals surface area contributed by atoms with Gasteiger partial charge in [0.25, 0.3) is 0 Å². The molecule has 1 aromatic rings. The highest BCUT2D eigenvalue weighted by atomic mass is 19.1. The van der Waals surface area contributed by atoms with E-state index in [9.17, 15) is 9.50 Å². The number of aliphatic hydroxyl groups is 1. The molecule has 0 aliphatic heterocycles. The van der Waals surface area contributed by atoms with Crippen molar-refractivity contribution in [2.75, 3.05) is 0 Å². The third kappa shape index (κ3) is 2.37. The Kier molecular flexibility index (Phi) is 3.26. The van der Waals surface area contributed by atoms with Crippen LogP contribution in [0.3, 0.4) is 0 Å². The van der Waals surface area contributed by atoms with Gasteiger partial charge in [-0.3, -0.25) is 0 Å². The molecule has 1 aliphatic carbocycles. The summed E-state index contributed by atoms with van der Waals surface area (Å²) in [7, 11) is 0. The third-order valence-corrected chi connectivity index (χ3v) is 4.00. The lowest BCUT2D eigenvalue weighted by Gasteiger charge is -2.36. The molecule has 0 radical (unpaired) electrons. The van der Waals surface area contributed by atoms with E-state index in [1.165, 1.54) is 6.07 Å². The molecule has 1 nitrogen and oxygen atoms in total. The molecular weight excluding hydrogens is 215 g/mol. The van der Waals surface area contributed by atoms with E-state index in [4.69, 9.17) is 0 Å². The molecule has 1 N–H and O–H groups in total. The van der Waals surface area contributed by atoms with Crippen molar-refractivity contribution in [1.82, 2.24) is 0 Å². The largest absolute Gasteiger partial charge is 0.385 e. The van der Waals surface area contributed by atoms with Gasteiger partial charge in [0.05, 0.1) is 5.60 Å². The second kappa shape index (κ2) is 4.41. The highest BCUT2D eigenvalue weighted by molar-refractivity contribution is 5.36. The van der Waals surface area contributed by atoms with Gasteiger partial charge in [-0.15, -0.1) is 0 Å². The van der Waals surface area contributed by atoms with Gasteiger partial charge in [0.2, 0.25) is 0 Å². The Morgan fingerprint density at radius 3 is 2.35 bits per heavy atom. The molecule has 1 saturated carbocycles. The Balaban J connectivity index is 2.39. The fourth-order valence-electron chi connectivity index (χ4n) is 2.99. The van der Waals surface area contributed by atoms with Gasteiger partial charge in [-0.1, -0.05) is 13.0 Å². The molecule has 1 aliphatic rings. The first kappa shape index (κ1) is 12.6. The highest BCUT2D eigenvalue weighted by Gasteiger charge is 2.36. The molecule has 0 saturated heterocycles. The maximum Gasteiger partial charge on any atom is 0.129 e. The minimum absolute atomic E-state index is 0.250. The van der Waals surface area contributed by atoms with Crippen LogP contribution in [-0.2, 0) is 5.60 Å². The molecule has 1 aromatic carbocycles. The number of rotatable bonds is 1. The van der Waals surface area contributed by atoms with Crippen LogP contribution in [0.15, 0.2) is 12.1 Å². The Labute approximate surface area is 103 Å². The monoisotopic (exact) mass is 236 g/mol. The first-order valence-electron chi connectivity index (χ1n) is 6.42. The summed E-state index contributed by atoms with van der Waals surface area (Å²) in [5, 5.41) is 10.7. The SMILES string of the molecule is Cc1cc(C)c(C2(O)CCC(C)CC2)c(F)c1. The van der Waals surface area contributed by atoms with Crippen LogP contribution >= 0.6 is 0 Å². The van der Waals surface area contributed by atoms with Crippen LogP contribution < -0.4 is 0 Å². The Bertz CT molecular complexity index is 394. The van der Waals surface area contributed by atoms with Gasteiger partial charge in [0, 0.05) is 5.56 Å². The molecule has 94 valence electrons. The van der Waals surface area contributed by atoms with Crippen LogP contribution in [0.2, 0.25) is 0 Å². The van der Waals surface area contributed by atoms with Gasteiger partial charge >= 0.3 is 0 Å². The van der Waals surface area contributed by atoms with E-state index in [-0.39, 0.29) is 5.82 Å². The van der Waals surface area contributed by atoms with Crippen molar-refractivity contribution in [3.05, 3.63) is 34.6 Å². The van der Waals surface area contributed by atoms with Crippen LogP contribution in [0.1, 0.15) is 49.3 Å². The normalized spacial score (nSPS) is 29.4. The molecule has 0 spiro atoms. The zero-order valence-electron chi connectivity index (χ0n) is 10.9. The van der Waals surface area contributed by atoms with Crippen molar-refractivity contribution in [3.8, 4) is 0 Å². The van der Waals surface area contributed by atoms with Crippen LogP contribution in [0.5, 0.6) is 0 Å². The average Bonchev–Trinajstić information content (AvgIpc) is 2.21. The second-order valence-corrected chi connectivity index (χ2v) is 5.65. The summed E-state index contributed by atoms with van der Waals surface area (Å²) in [5.41, 5.74) is 1.36. The predicted molar refractivity (Wildman–Crippen MR) is 67.4 cm³/mol. The summed E-state index contributed by atoms with van der Waals surface area (Å²) in [6.45, 7) is 5.96. The number of halogens is 1. The van der Waals surface area contributed by atoms with Crippen LogP contribution in [0, 0.1) is 25.6 Å². The summed E-state index contributed by atoms with van der Waals surface area (Å²) in [4.78, 5) is 0. The van der Waals surface area contributed by atoms with Crippen LogP contribution in [-0.4, -0.2) is 5.11 Å². The molecule has 1 fully saturated rings. The van der Waals surface area contributed by atoms with E-state index in [1.807, 2.05) is 19.9 Å². The van der Waals surface area contributed by atoms with E-state index in [0.717, 1.165) is 24.0 Å². The zero-order chi connectivity index (χ0) is 12.6. The number of benzene rings is 1. The van der Waals surface area contributed by atoms with E-state index in [0.29, 0.717) is 24.3 Å². The van der Waals surface area contributed by atoms with Crippen molar-refractivity contribution in [1.29, 1.82) is 0 Å². The number of hydrogen-bond acceptors (Lipinski definition) is 1. The van der Waals surface area contributed by atoms with Gasteiger partial charge in [-0.2, -0.15) is 0 Å². The second-order valence-electron chi connectivity index (χ2n) is 5.65. The van der Waals surface area contributed by atoms with Gasteiger partial charge in [-0.05, 0) is 62.6 Å². The molecular formula is C15H21FO. The van der Waals surface area contributed by atoms with Gasteiger partial charge in [-0.25, -0.2) is 4.39 Å². The van der Waals surface area contributed by atoms with E-state index in [2.05, 4.69) is 6.92 Å². The maximum absolute atomic E-state index is 14.1. The van der Waals surface area contributed by atoms with Crippen molar-refractivity contribution >= 4 is 0 Å². The van der Waals surface area contributed by atoms with Crippen molar-refractivity contribution < 1.29 is 9.50 Å². The molecule has 0 aromatic heterocycles. The van der Waals surface area contributed by atoms with Gasteiger partial charge in [0.1, 0.15) is 5.82 Å². The zero-order valence-corrected chi connectivity index (χ0v) is 10.9.